The first-order valence-electron chi connectivity index (χ1n) is 8.74. The first-order chi connectivity index (χ1) is 11.4. The van der Waals surface area contributed by atoms with Crippen molar-refractivity contribution in [2.75, 3.05) is 13.7 Å². The third-order valence-electron chi connectivity index (χ3n) is 5.00. The number of amides is 1. The van der Waals surface area contributed by atoms with Crippen LogP contribution in [0.2, 0.25) is 0 Å². The van der Waals surface area contributed by atoms with Crippen LogP contribution < -0.4 is 0 Å². The molecule has 0 radical (unpaired) electrons. The molecule has 134 valence electrons. The van der Waals surface area contributed by atoms with Gasteiger partial charge in [0.1, 0.15) is 0 Å². The number of nitrogens with zero attached hydrogens (tertiary/aromatic N) is 3. The van der Waals surface area contributed by atoms with Gasteiger partial charge in [0.2, 0.25) is 5.91 Å². The monoisotopic (exact) mass is 335 g/mol. The zero-order valence-corrected chi connectivity index (χ0v) is 15.2. The number of imidazole rings is 1. The molecule has 1 aromatic heterocycles. The zero-order chi connectivity index (χ0) is 17.7. The lowest BCUT2D eigenvalue weighted by Crippen LogP contribution is -2.38. The number of methoxy groups -OCH3 is 1. The van der Waals surface area contributed by atoms with Crippen LogP contribution in [0.25, 0.3) is 0 Å². The Morgan fingerprint density at radius 2 is 2.17 bits per heavy atom. The second-order valence-corrected chi connectivity index (χ2v) is 7.23. The Kier molecular flexibility index (Phi) is 6.02. The minimum Gasteiger partial charge on any atom is -0.469 e. The summed E-state index contributed by atoms with van der Waals surface area (Å²) in [7, 11) is 1.42. The van der Waals surface area contributed by atoms with Crippen LogP contribution in [0.15, 0.2) is 18.7 Å². The molecule has 6 nitrogen and oxygen atoms in total. The highest BCUT2D eigenvalue weighted by molar-refractivity contribution is 5.78. The van der Waals surface area contributed by atoms with Gasteiger partial charge in [0.25, 0.3) is 0 Å². The normalized spacial score (nSPS) is 17.8. The minimum atomic E-state index is -0.586. The van der Waals surface area contributed by atoms with E-state index in [-0.39, 0.29) is 24.0 Å². The Hall–Kier alpha value is -1.85. The molecule has 2 heterocycles. The van der Waals surface area contributed by atoms with Crippen molar-refractivity contribution in [2.45, 2.75) is 65.0 Å². The lowest BCUT2D eigenvalue weighted by atomic mass is 9.83. The van der Waals surface area contributed by atoms with Crippen LogP contribution in [0, 0.1) is 5.41 Å². The zero-order valence-electron chi connectivity index (χ0n) is 15.2. The van der Waals surface area contributed by atoms with E-state index in [0.717, 1.165) is 25.8 Å². The number of hydrogen-bond donors (Lipinski definition) is 0. The summed E-state index contributed by atoms with van der Waals surface area (Å²) in [6.07, 6.45) is 9.44. The van der Waals surface area contributed by atoms with E-state index >= 15 is 0 Å². The van der Waals surface area contributed by atoms with Gasteiger partial charge in [-0.1, -0.05) is 6.92 Å². The van der Waals surface area contributed by atoms with Gasteiger partial charge in [-0.3, -0.25) is 9.59 Å². The van der Waals surface area contributed by atoms with Crippen molar-refractivity contribution in [3.8, 4) is 0 Å². The highest BCUT2D eigenvalue weighted by Gasteiger charge is 2.35. The van der Waals surface area contributed by atoms with E-state index < -0.39 is 5.41 Å². The average Bonchev–Trinajstić information content (AvgIpc) is 3.22. The first-order valence-corrected chi connectivity index (χ1v) is 8.74. The molecule has 24 heavy (non-hydrogen) atoms. The fraction of sp³-hybridized carbons (Fsp3) is 0.722. The maximum atomic E-state index is 12.1. The van der Waals surface area contributed by atoms with E-state index in [9.17, 15) is 9.59 Å². The minimum absolute atomic E-state index is 0.0972. The van der Waals surface area contributed by atoms with Gasteiger partial charge in [0.05, 0.1) is 18.9 Å². The van der Waals surface area contributed by atoms with Crippen LogP contribution in [0.1, 0.15) is 58.9 Å². The molecule has 1 aliphatic rings. The molecule has 0 aliphatic carbocycles. The molecule has 6 heteroatoms. The van der Waals surface area contributed by atoms with E-state index in [2.05, 4.69) is 11.9 Å². The summed E-state index contributed by atoms with van der Waals surface area (Å²) in [6.45, 7) is 6.77. The molecular formula is C18H29N3O3. The van der Waals surface area contributed by atoms with Gasteiger partial charge >= 0.3 is 5.97 Å². The highest BCUT2D eigenvalue weighted by atomic mass is 16.5. The second kappa shape index (κ2) is 7.81. The molecule has 1 aliphatic heterocycles. The number of carbonyl (C=O) groups is 2. The fourth-order valence-electron chi connectivity index (χ4n) is 3.63. The quantitative estimate of drug-likeness (QED) is 0.685. The molecule has 1 saturated heterocycles. The van der Waals surface area contributed by atoms with Crippen LogP contribution in [-0.2, 0) is 14.3 Å². The predicted molar refractivity (Wildman–Crippen MR) is 91.3 cm³/mol. The molecule has 0 aromatic carbocycles. The number of aromatic nitrogens is 2. The highest BCUT2D eigenvalue weighted by Crippen LogP contribution is 2.34. The predicted octanol–water partition coefficient (Wildman–Crippen LogP) is 2.80. The Labute approximate surface area is 144 Å². The van der Waals surface area contributed by atoms with Crippen molar-refractivity contribution in [2.24, 2.45) is 5.41 Å². The number of carbonyl (C=O) groups excluding carboxylic acids is 2. The van der Waals surface area contributed by atoms with Crippen molar-refractivity contribution in [3.05, 3.63) is 18.7 Å². The molecule has 0 spiro atoms. The summed E-state index contributed by atoms with van der Waals surface area (Å²) in [6, 6.07) is 0.292. The topological polar surface area (TPSA) is 64.4 Å². The molecule has 1 aromatic rings. The standard InChI is InChI=1S/C18H29N3O3/c1-5-14(21-9-6-7-16(21)22)11-15(20-10-8-19-13-20)12-18(2,3)17(23)24-4/h8,10,13-15H,5-7,9,11-12H2,1-4H3. The molecule has 1 amide bonds. The smallest absolute Gasteiger partial charge is 0.311 e. The number of hydrogen-bond acceptors (Lipinski definition) is 4. The lowest BCUT2D eigenvalue weighted by Gasteiger charge is -2.34. The molecule has 0 N–H and O–H groups in total. The van der Waals surface area contributed by atoms with E-state index in [0.29, 0.717) is 12.8 Å². The fourth-order valence-corrected chi connectivity index (χ4v) is 3.63. The van der Waals surface area contributed by atoms with Gasteiger partial charge in [-0.25, -0.2) is 4.98 Å². The van der Waals surface area contributed by atoms with E-state index in [4.69, 9.17) is 4.74 Å². The Bertz CT molecular complexity index is 554. The van der Waals surface area contributed by atoms with Crippen LogP contribution >= 0.6 is 0 Å². The van der Waals surface area contributed by atoms with Gasteiger partial charge in [-0.15, -0.1) is 0 Å². The van der Waals surface area contributed by atoms with Crippen molar-refractivity contribution in [1.82, 2.24) is 14.5 Å². The third-order valence-corrected chi connectivity index (χ3v) is 5.00. The molecule has 0 saturated carbocycles. The summed E-state index contributed by atoms with van der Waals surface area (Å²) in [4.78, 5) is 30.4. The van der Waals surface area contributed by atoms with E-state index in [1.54, 1.807) is 12.5 Å². The summed E-state index contributed by atoms with van der Waals surface area (Å²) >= 11 is 0. The summed E-state index contributed by atoms with van der Waals surface area (Å²) in [5.41, 5.74) is -0.586. The van der Waals surface area contributed by atoms with Crippen molar-refractivity contribution < 1.29 is 14.3 Å². The summed E-state index contributed by atoms with van der Waals surface area (Å²) < 4.78 is 7.00. The van der Waals surface area contributed by atoms with Gasteiger partial charge in [-0.05, 0) is 39.5 Å². The number of esters is 1. The van der Waals surface area contributed by atoms with Gasteiger partial charge in [-0.2, -0.15) is 0 Å². The molecule has 2 unspecified atom stereocenters. The average molecular weight is 335 g/mol. The second-order valence-electron chi connectivity index (χ2n) is 7.23. The van der Waals surface area contributed by atoms with Crippen LogP contribution in [0.5, 0.6) is 0 Å². The van der Waals surface area contributed by atoms with Crippen LogP contribution in [0.3, 0.4) is 0 Å². The summed E-state index contributed by atoms with van der Waals surface area (Å²) in [5.74, 6) is 0.0383. The molecule has 2 atom stereocenters. The largest absolute Gasteiger partial charge is 0.469 e. The number of ether oxygens (including phenoxy) is 1. The Morgan fingerprint density at radius 3 is 2.67 bits per heavy atom. The molecule has 1 fully saturated rings. The molecule has 2 rings (SSSR count). The number of likely N-dealkylation sites (tertiary alicyclic amines) is 1. The van der Waals surface area contributed by atoms with Crippen LogP contribution in [0.4, 0.5) is 0 Å². The summed E-state index contributed by atoms with van der Waals surface area (Å²) in [5, 5.41) is 0. The third kappa shape index (κ3) is 4.16. The van der Waals surface area contributed by atoms with E-state index in [1.165, 1.54) is 7.11 Å². The van der Waals surface area contributed by atoms with Crippen LogP contribution in [-0.4, -0.2) is 46.0 Å². The lowest BCUT2D eigenvalue weighted by molar-refractivity contribution is -0.151. The molecule has 0 bridgehead atoms. The van der Waals surface area contributed by atoms with Crippen molar-refractivity contribution >= 4 is 11.9 Å². The van der Waals surface area contributed by atoms with Gasteiger partial charge in [0, 0.05) is 37.4 Å². The SMILES string of the molecule is CCC(CC(CC(C)(C)C(=O)OC)n1ccnc1)N1CCCC1=O. The first kappa shape index (κ1) is 18.5. The maximum Gasteiger partial charge on any atom is 0.311 e. The van der Waals surface area contributed by atoms with Gasteiger partial charge < -0.3 is 14.2 Å². The van der Waals surface area contributed by atoms with E-state index in [1.807, 2.05) is 29.5 Å². The van der Waals surface area contributed by atoms with Crippen molar-refractivity contribution in [3.63, 3.8) is 0 Å². The Balaban J connectivity index is 2.17. The van der Waals surface area contributed by atoms with Gasteiger partial charge in [0.15, 0.2) is 0 Å². The van der Waals surface area contributed by atoms with Crippen molar-refractivity contribution in [1.29, 1.82) is 0 Å². The Morgan fingerprint density at radius 1 is 1.42 bits per heavy atom. The molecular weight excluding hydrogens is 306 g/mol. The maximum absolute atomic E-state index is 12.1. The number of rotatable bonds is 8.